The molecule has 0 bridgehead atoms. The molecule has 1 aliphatic rings. The summed E-state index contributed by atoms with van der Waals surface area (Å²) >= 11 is 0. The zero-order valence-corrected chi connectivity index (χ0v) is 13.7. The Bertz CT molecular complexity index is 1140. The average Bonchev–Trinajstić information content (AvgIpc) is 3.29. The molecule has 1 aliphatic carbocycles. The molecular weight excluding hydrogens is 341 g/mol. The van der Waals surface area contributed by atoms with Crippen molar-refractivity contribution in [2.45, 2.75) is 31.9 Å². The summed E-state index contributed by atoms with van der Waals surface area (Å²) in [5, 5.41) is 7.91. The van der Waals surface area contributed by atoms with Crippen LogP contribution in [0, 0.1) is 0 Å². The Morgan fingerprint density at radius 1 is 1.00 bits per heavy atom. The number of halogens is 3. The number of nitrogens with zero attached hydrogens (tertiary/aromatic N) is 2. The molecule has 4 aromatic rings. The number of aromatic nitrogens is 4. The van der Waals surface area contributed by atoms with E-state index in [2.05, 4.69) is 20.2 Å². The van der Waals surface area contributed by atoms with Crippen LogP contribution < -0.4 is 0 Å². The normalized spacial score (nSPS) is 14.9. The van der Waals surface area contributed by atoms with Crippen LogP contribution >= 0.6 is 0 Å². The van der Waals surface area contributed by atoms with Crippen molar-refractivity contribution in [1.29, 1.82) is 0 Å². The van der Waals surface area contributed by atoms with Gasteiger partial charge in [-0.25, -0.2) is 0 Å². The van der Waals surface area contributed by atoms with Crippen molar-refractivity contribution in [3.8, 4) is 11.3 Å². The molecule has 4 nitrogen and oxygen atoms in total. The minimum Gasteiger partial charge on any atom is -0.354 e. The lowest BCUT2D eigenvalue weighted by Gasteiger charge is -2.23. The molecule has 0 fully saturated rings. The first-order valence-electron chi connectivity index (χ1n) is 8.56. The zero-order chi connectivity index (χ0) is 17.9. The van der Waals surface area contributed by atoms with E-state index in [1.54, 1.807) is 6.20 Å². The summed E-state index contributed by atoms with van der Waals surface area (Å²) in [7, 11) is 0. The van der Waals surface area contributed by atoms with Crippen molar-refractivity contribution in [3.63, 3.8) is 0 Å². The van der Waals surface area contributed by atoms with Crippen LogP contribution in [0.15, 0.2) is 30.6 Å². The lowest BCUT2D eigenvalue weighted by molar-refractivity contribution is -0.140. The molecule has 3 heterocycles. The van der Waals surface area contributed by atoms with Crippen LogP contribution in [0.2, 0.25) is 0 Å². The molecular formula is C19H15F3N4. The molecule has 132 valence electrons. The monoisotopic (exact) mass is 356 g/mol. The summed E-state index contributed by atoms with van der Waals surface area (Å²) in [6.07, 6.45) is 2.17. The Morgan fingerprint density at radius 3 is 2.62 bits per heavy atom. The summed E-state index contributed by atoms with van der Waals surface area (Å²) in [5.74, 6) is 0. The van der Waals surface area contributed by atoms with Gasteiger partial charge in [0.15, 0.2) is 0 Å². The highest BCUT2D eigenvalue weighted by molar-refractivity contribution is 6.08. The van der Waals surface area contributed by atoms with Crippen LogP contribution in [0.5, 0.6) is 0 Å². The Balaban J connectivity index is 1.88. The topological polar surface area (TPSA) is 57.4 Å². The maximum atomic E-state index is 13.4. The van der Waals surface area contributed by atoms with Gasteiger partial charge in [0.05, 0.1) is 17.4 Å². The lowest BCUT2D eigenvalue weighted by atomic mass is 9.85. The highest BCUT2D eigenvalue weighted by Crippen LogP contribution is 2.41. The second-order valence-electron chi connectivity index (χ2n) is 6.69. The standard InChI is InChI=1S/C19H15F3N4/c20-19(21,22)18-13(9-24-26-18)17-11-4-2-1-3-10(11)16-12-7-8-23-14(12)5-6-15(16)25-17/h5-9,25H,1-4H2,(H,24,26). The molecule has 3 aromatic heterocycles. The summed E-state index contributed by atoms with van der Waals surface area (Å²) in [6.45, 7) is 0. The van der Waals surface area contributed by atoms with E-state index in [4.69, 9.17) is 0 Å². The fourth-order valence-electron chi connectivity index (χ4n) is 4.10. The number of benzene rings is 1. The van der Waals surface area contributed by atoms with Gasteiger partial charge in [-0.2, -0.15) is 18.3 Å². The van der Waals surface area contributed by atoms with Gasteiger partial charge in [0.25, 0.3) is 0 Å². The number of rotatable bonds is 1. The van der Waals surface area contributed by atoms with Gasteiger partial charge in [-0.15, -0.1) is 0 Å². The number of alkyl halides is 3. The van der Waals surface area contributed by atoms with Crippen molar-refractivity contribution in [2.75, 3.05) is 0 Å². The average molecular weight is 356 g/mol. The molecule has 0 spiro atoms. The van der Waals surface area contributed by atoms with Crippen LogP contribution in [-0.4, -0.2) is 20.2 Å². The van der Waals surface area contributed by atoms with Crippen molar-refractivity contribution in [3.05, 3.63) is 47.4 Å². The van der Waals surface area contributed by atoms with Gasteiger partial charge >= 0.3 is 6.18 Å². The van der Waals surface area contributed by atoms with Crippen molar-refractivity contribution in [1.82, 2.24) is 20.2 Å². The molecule has 7 heteroatoms. The van der Waals surface area contributed by atoms with Crippen LogP contribution in [0.25, 0.3) is 33.1 Å². The predicted octanol–water partition coefficient (Wildman–Crippen LogP) is 5.00. The van der Waals surface area contributed by atoms with Crippen molar-refractivity contribution in [2.24, 2.45) is 0 Å². The molecule has 26 heavy (non-hydrogen) atoms. The fourth-order valence-corrected chi connectivity index (χ4v) is 4.10. The Hall–Kier alpha value is -2.83. The summed E-state index contributed by atoms with van der Waals surface area (Å²) in [5.41, 5.74) is 3.63. The van der Waals surface area contributed by atoms with Gasteiger partial charge in [-0.05, 0) is 55.0 Å². The minimum atomic E-state index is -4.48. The van der Waals surface area contributed by atoms with E-state index in [9.17, 15) is 13.2 Å². The summed E-state index contributed by atoms with van der Waals surface area (Å²) in [6, 6.07) is 5.77. The summed E-state index contributed by atoms with van der Waals surface area (Å²) in [4.78, 5) is 7.62. The quantitative estimate of drug-likeness (QED) is 0.504. The van der Waals surface area contributed by atoms with Crippen LogP contribution in [0.4, 0.5) is 13.2 Å². The number of aromatic amines is 2. The number of aryl methyl sites for hydroxylation is 1. The van der Waals surface area contributed by atoms with Gasteiger partial charge in [0, 0.05) is 28.0 Å². The number of pyridine rings is 1. The molecule has 0 aliphatic heterocycles. The van der Waals surface area contributed by atoms with Crippen LogP contribution in [0.3, 0.4) is 0 Å². The van der Waals surface area contributed by atoms with E-state index in [1.165, 1.54) is 6.20 Å². The number of H-pyrrole nitrogens is 2. The second kappa shape index (κ2) is 5.33. The van der Waals surface area contributed by atoms with Gasteiger partial charge in [0.1, 0.15) is 5.69 Å². The van der Waals surface area contributed by atoms with Crippen molar-refractivity contribution < 1.29 is 13.2 Å². The first kappa shape index (κ1) is 15.4. The smallest absolute Gasteiger partial charge is 0.354 e. The van der Waals surface area contributed by atoms with Gasteiger partial charge in [0.2, 0.25) is 0 Å². The van der Waals surface area contributed by atoms with Crippen LogP contribution in [0.1, 0.15) is 29.7 Å². The molecule has 0 saturated heterocycles. The summed E-state index contributed by atoms with van der Waals surface area (Å²) < 4.78 is 40.2. The second-order valence-corrected chi connectivity index (χ2v) is 6.69. The van der Waals surface area contributed by atoms with Crippen molar-refractivity contribution >= 4 is 21.8 Å². The third kappa shape index (κ3) is 2.16. The lowest BCUT2D eigenvalue weighted by Crippen LogP contribution is -2.11. The molecule has 1 aromatic carbocycles. The van der Waals surface area contributed by atoms with Gasteiger partial charge in [-0.3, -0.25) is 10.1 Å². The highest BCUT2D eigenvalue weighted by Gasteiger charge is 2.37. The third-order valence-electron chi connectivity index (χ3n) is 5.20. The molecule has 0 atom stereocenters. The maximum Gasteiger partial charge on any atom is 0.433 e. The van der Waals surface area contributed by atoms with E-state index < -0.39 is 11.9 Å². The number of nitrogens with one attached hydrogen (secondary N) is 2. The SMILES string of the molecule is FC(F)(F)c1[nH]ncc1-c1[nH]c2ccc3nccc3c2c2c1CCCC2. The molecule has 0 radical (unpaired) electrons. The molecule has 0 saturated carbocycles. The predicted molar refractivity (Wildman–Crippen MR) is 92.8 cm³/mol. The van der Waals surface area contributed by atoms with Crippen LogP contribution in [-0.2, 0) is 19.0 Å². The third-order valence-corrected chi connectivity index (χ3v) is 5.20. The molecule has 0 amide bonds. The minimum absolute atomic E-state index is 0.0817. The first-order valence-corrected chi connectivity index (χ1v) is 8.56. The maximum absolute atomic E-state index is 13.4. The molecule has 0 unspecified atom stereocenters. The largest absolute Gasteiger partial charge is 0.433 e. The van der Waals surface area contributed by atoms with E-state index in [0.717, 1.165) is 58.6 Å². The Kier molecular flexibility index (Phi) is 3.16. The fraction of sp³-hybridized carbons (Fsp3) is 0.263. The van der Waals surface area contributed by atoms with Gasteiger partial charge in [-0.1, -0.05) is 0 Å². The van der Waals surface area contributed by atoms with Gasteiger partial charge < -0.3 is 4.98 Å². The molecule has 2 N–H and O–H groups in total. The Labute approximate surface area is 146 Å². The number of hydrogen-bond donors (Lipinski definition) is 2. The van der Waals surface area contributed by atoms with E-state index in [0.29, 0.717) is 5.69 Å². The van der Waals surface area contributed by atoms with E-state index >= 15 is 0 Å². The first-order chi connectivity index (χ1) is 12.5. The highest BCUT2D eigenvalue weighted by atomic mass is 19.4. The Morgan fingerprint density at radius 2 is 1.81 bits per heavy atom. The van der Waals surface area contributed by atoms with E-state index in [1.807, 2.05) is 18.2 Å². The number of fused-ring (bicyclic) bond motifs is 5. The molecule has 5 rings (SSSR count). The number of hydrogen-bond acceptors (Lipinski definition) is 2. The zero-order valence-electron chi connectivity index (χ0n) is 13.7. The van der Waals surface area contributed by atoms with E-state index in [-0.39, 0.29) is 5.56 Å².